The highest BCUT2D eigenvalue weighted by Gasteiger charge is 2.40. The average molecular weight is 411 g/mol. The molecule has 7 nitrogen and oxygen atoms in total. The van der Waals surface area contributed by atoms with E-state index in [2.05, 4.69) is 5.32 Å². The molecule has 1 aliphatic rings. The van der Waals surface area contributed by atoms with Crippen molar-refractivity contribution in [2.45, 2.75) is 50.5 Å². The van der Waals surface area contributed by atoms with Crippen molar-refractivity contribution in [1.29, 1.82) is 0 Å². The number of amides is 2. The van der Waals surface area contributed by atoms with Gasteiger partial charge < -0.3 is 26.8 Å². The zero-order valence-corrected chi connectivity index (χ0v) is 17.0. The summed E-state index contributed by atoms with van der Waals surface area (Å²) >= 11 is 0. The van der Waals surface area contributed by atoms with Gasteiger partial charge in [0, 0.05) is 26.1 Å². The van der Waals surface area contributed by atoms with Crippen LogP contribution in [0, 0.1) is 0 Å². The van der Waals surface area contributed by atoms with E-state index in [0.29, 0.717) is 25.9 Å². The van der Waals surface area contributed by atoms with E-state index in [4.69, 9.17) is 11.5 Å². The fourth-order valence-electron chi connectivity index (χ4n) is 3.71. The van der Waals surface area contributed by atoms with Crippen LogP contribution >= 0.6 is 0 Å². The maximum absolute atomic E-state index is 12.9. The van der Waals surface area contributed by atoms with E-state index in [1.54, 1.807) is 0 Å². The van der Waals surface area contributed by atoms with Gasteiger partial charge in [-0.1, -0.05) is 54.6 Å². The van der Waals surface area contributed by atoms with Gasteiger partial charge in [0.05, 0.1) is 12.1 Å². The summed E-state index contributed by atoms with van der Waals surface area (Å²) in [6.07, 6.45) is 0.654. The number of nitrogens with zero attached hydrogens (tertiary/aromatic N) is 1. The molecule has 7 heteroatoms. The number of aliphatic hydroxyl groups is 1. The van der Waals surface area contributed by atoms with Crippen LogP contribution in [0.5, 0.6) is 0 Å². The van der Waals surface area contributed by atoms with Crippen molar-refractivity contribution in [2.75, 3.05) is 6.54 Å². The topological polar surface area (TPSA) is 122 Å². The standard InChI is InChI=1S/C23H30N4O3/c24-13-17-6-8-18(9-7-17)14-26-22(29)21-12-19(28)15-27(21)23(30)20(25)11-10-16-4-2-1-3-5-16/h1-9,19-21,28H,10-15,24-25H2,(H,26,29). The first kappa shape index (κ1) is 22.0. The molecule has 0 radical (unpaired) electrons. The third-order valence-corrected chi connectivity index (χ3v) is 5.49. The van der Waals surface area contributed by atoms with Crippen molar-refractivity contribution in [3.05, 3.63) is 71.3 Å². The Morgan fingerprint density at radius 1 is 1.07 bits per heavy atom. The van der Waals surface area contributed by atoms with E-state index in [9.17, 15) is 14.7 Å². The summed E-state index contributed by atoms with van der Waals surface area (Å²) in [4.78, 5) is 27.0. The normalized spacial score (nSPS) is 19.5. The molecule has 3 rings (SSSR count). The molecule has 1 fully saturated rings. The summed E-state index contributed by atoms with van der Waals surface area (Å²) in [7, 11) is 0. The molecule has 1 aliphatic heterocycles. The Bertz CT molecular complexity index is 841. The predicted molar refractivity (Wildman–Crippen MR) is 115 cm³/mol. The number of likely N-dealkylation sites (tertiary alicyclic amines) is 1. The van der Waals surface area contributed by atoms with Crippen LogP contribution in [0.1, 0.15) is 29.5 Å². The maximum atomic E-state index is 12.9. The van der Waals surface area contributed by atoms with Gasteiger partial charge in [-0.15, -0.1) is 0 Å². The fourth-order valence-corrected chi connectivity index (χ4v) is 3.71. The molecule has 0 aliphatic carbocycles. The molecule has 2 aromatic rings. The summed E-state index contributed by atoms with van der Waals surface area (Å²) < 4.78 is 0. The number of benzene rings is 2. The Morgan fingerprint density at radius 3 is 2.40 bits per heavy atom. The molecule has 160 valence electrons. The Balaban J connectivity index is 1.56. The quantitative estimate of drug-likeness (QED) is 0.510. The van der Waals surface area contributed by atoms with E-state index in [1.807, 2.05) is 54.6 Å². The molecule has 2 amide bonds. The summed E-state index contributed by atoms with van der Waals surface area (Å²) in [6.45, 7) is 0.938. The molecule has 6 N–H and O–H groups in total. The summed E-state index contributed by atoms with van der Waals surface area (Å²) in [6, 6.07) is 16.1. The SMILES string of the molecule is NCc1ccc(CNC(=O)C2CC(O)CN2C(=O)C(N)CCc2ccccc2)cc1. The number of β-amino-alcohol motifs (C(OH)–C–C–N with tert-alkyl or cyclic N) is 1. The lowest BCUT2D eigenvalue weighted by atomic mass is 10.0. The summed E-state index contributed by atoms with van der Waals surface area (Å²) in [5.41, 5.74) is 14.8. The van der Waals surface area contributed by atoms with E-state index in [-0.39, 0.29) is 24.8 Å². The molecule has 2 aromatic carbocycles. The summed E-state index contributed by atoms with van der Waals surface area (Å²) in [5.74, 6) is -0.576. The van der Waals surface area contributed by atoms with Crippen molar-refractivity contribution in [1.82, 2.24) is 10.2 Å². The molecular weight excluding hydrogens is 380 g/mol. The Kier molecular flexibility index (Phi) is 7.57. The average Bonchev–Trinajstić information content (AvgIpc) is 3.18. The van der Waals surface area contributed by atoms with Crippen LogP contribution < -0.4 is 16.8 Å². The zero-order chi connectivity index (χ0) is 21.5. The highest BCUT2D eigenvalue weighted by atomic mass is 16.3. The molecule has 0 aromatic heterocycles. The smallest absolute Gasteiger partial charge is 0.243 e. The molecule has 0 bridgehead atoms. The second-order valence-electron chi connectivity index (χ2n) is 7.77. The molecule has 1 saturated heterocycles. The van der Waals surface area contributed by atoms with E-state index in [1.165, 1.54) is 4.90 Å². The largest absolute Gasteiger partial charge is 0.391 e. The van der Waals surface area contributed by atoms with Crippen LogP contribution in [0.2, 0.25) is 0 Å². The van der Waals surface area contributed by atoms with Gasteiger partial charge in [-0.3, -0.25) is 9.59 Å². The predicted octanol–water partition coefficient (Wildman–Crippen LogP) is 0.683. The Morgan fingerprint density at radius 2 is 1.73 bits per heavy atom. The molecular formula is C23H30N4O3. The molecule has 0 saturated carbocycles. The Labute approximate surface area is 177 Å². The van der Waals surface area contributed by atoms with Crippen LogP contribution in [-0.4, -0.2) is 46.6 Å². The Hall–Kier alpha value is -2.74. The first-order valence-corrected chi connectivity index (χ1v) is 10.3. The van der Waals surface area contributed by atoms with Gasteiger partial charge in [-0.05, 0) is 29.5 Å². The third kappa shape index (κ3) is 5.66. The van der Waals surface area contributed by atoms with Gasteiger partial charge in [-0.25, -0.2) is 0 Å². The minimum absolute atomic E-state index is 0.126. The van der Waals surface area contributed by atoms with Crippen molar-refractivity contribution in [3.8, 4) is 0 Å². The lowest BCUT2D eigenvalue weighted by molar-refractivity contribution is -0.139. The van der Waals surface area contributed by atoms with Gasteiger partial charge in [0.2, 0.25) is 11.8 Å². The maximum Gasteiger partial charge on any atom is 0.243 e. The fraction of sp³-hybridized carbons (Fsp3) is 0.391. The van der Waals surface area contributed by atoms with Gasteiger partial charge in [0.1, 0.15) is 6.04 Å². The third-order valence-electron chi connectivity index (χ3n) is 5.49. The molecule has 1 heterocycles. The molecule has 0 spiro atoms. The molecule has 3 unspecified atom stereocenters. The van der Waals surface area contributed by atoms with Gasteiger partial charge in [0.25, 0.3) is 0 Å². The van der Waals surface area contributed by atoms with Crippen molar-refractivity contribution < 1.29 is 14.7 Å². The van der Waals surface area contributed by atoms with Gasteiger partial charge in [-0.2, -0.15) is 0 Å². The number of nitrogens with two attached hydrogens (primary N) is 2. The van der Waals surface area contributed by atoms with Crippen molar-refractivity contribution >= 4 is 11.8 Å². The zero-order valence-electron chi connectivity index (χ0n) is 17.0. The lowest BCUT2D eigenvalue weighted by Crippen LogP contribution is -2.51. The van der Waals surface area contributed by atoms with E-state index < -0.39 is 18.2 Å². The highest BCUT2D eigenvalue weighted by molar-refractivity contribution is 5.90. The first-order valence-electron chi connectivity index (χ1n) is 10.3. The number of aliphatic hydroxyl groups excluding tert-OH is 1. The van der Waals surface area contributed by atoms with Crippen LogP contribution in [0.3, 0.4) is 0 Å². The van der Waals surface area contributed by atoms with Gasteiger partial charge >= 0.3 is 0 Å². The molecule has 3 atom stereocenters. The second kappa shape index (κ2) is 10.3. The van der Waals surface area contributed by atoms with Crippen molar-refractivity contribution in [2.24, 2.45) is 11.5 Å². The molecule has 30 heavy (non-hydrogen) atoms. The number of carbonyl (C=O) groups is 2. The minimum Gasteiger partial charge on any atom is -0.391 e. The second-order valence-corrected chi connectivity index (χ2v) is 7.77. The minimum atomic E-state index is -0.727. The number of aryl methyl sites for hydroxylation is 1. The van der Waals surface area contributed by atoms with Crippen molar-refractivity contribution in [3.63, 3.8) is 0 Å². The van der Waals surface area contributed by atoms with Crippen LogP contribution in [-0.2, 0) is 29.1 Å². The van der Waals surface area contributed by atoms with E-state index >= 15 is 0 Å². The van der Waals surface area contributed by atoms with Crippen LogP contribution in [0.4, 0.5) is 0 Å². The van der Waals surface area contributed by atoms with Crippen LogP contribution in [0.15, 0.2) is 54.6 Å². The van der Waals surface area contributed by atoms with Gasteiger partial charge in [0.15, 0.2) is 0 Å². The number of carbonyl (C=O) groups excluding carboxylic acids is 2. The first-order chi connectivity index (χ1) is 14.5. The number of hydrogen-bond donors (Lipinski definition) is 4. The summed E-state index contributed by atoms with van der Waals surface area (Å²) in [5, 5.41) is 12.9. The number of rotatable bonds is 8. The van der Waals surface area contributed by atoms with E-state index in [0.717, 1.165) is 16.7 Å². The van der Waals surface area contributed by atoms with Crippen LogP contribution in [0.25, 0.3) is 0 Å². The monoisotopic (exact) mass is 410 g/mol. The number of hydrogen-bond acceptors (Lipinski definition) is 5. The highest BCUT2D eigenvalue weighted by Crippen LogP contribution is 2.20. The lowest BCUT2D eigenvalue weighted by Gasteiger charge is -2.26. The number of nitrogens with one attached hydrogen (secondary N) is 1.